The van der Waals surface area contributed by atoms with E-state index in [9.17, 15) is 4.79 Å². The maximum atomic E-state index is 10.9. The first kappa shape index (κ1) is 19.9. The fourth-order valence-electron chi connectivity index (χ4n) is 2.32. The van der Waals surface area contributed by atoms with Gasteiger partial charge in [-0.3, -0.25) is 4.79 Å². The SMILES string of the molecule is C=CCCC=CCCCCCCCCCCCC(=O)OC. The van der Waals surface area contributed by atoms with Crippen LogP contribution in [0.5, 0.6) is 0 Å². The molecule has 0 saturated carbocycles. The standard InChI is InChI=1S/C19H34O2/c1-3-4-5-6-7-8-9-10-11-12-13-14-15-16-17-18-19(20)21-2/h3,6-7H,1,4-5,8-18H2,2H3. The number of methoxy groups -OCH3 is 1. The summed E-state index contributed by atoms with van der Waals surface area (Å²) in [7, 11) is 1.46. The second-order valence-electron chi connectivity index (χ2n) is 5.63. The summed E-state index contributed by atoms with van der Waals surface area (Å²) in [6.45, 7) is 3.72. The largest absolute Gasteiger partial charge is 0.469 e. The van der Waals surface area contributed by atoms with E-state index in [0.29, 0.717) is 6.42 Å². The van der Waals surface area contributed by atoms with Crippen LogP contribution in [0.4, 0.5) is 0 Å². The summed E-state index contributed by atoms with van der Waals surface area (Å²) in [5.74, 6) is -0.0754. The summed E-state index contributed by atoms with van der Waals surface area (Å²) in [4.78, 5) is 10.9. The summed E-state index contributed by atoms with van der Waals surface area (Å²) in [5.41, 5.74) is 0. The zero-order valence-electron chi connectivity index (χ0n) is 13.9. The van der Waals surface area contributed by atoms with Crippen molar-refractivity contribution >= 4 is 5.97 Å². The van der Waals surface area contributed by atoms with Gasteiger partial charge in [0.2, 0.25) is 0 Å². The molecule has 0 fully saturated rings. The van der Waals surface area contributed by atoms with Crippen LogP contribution < -0.4 is 0 Å². The van der Waals surface area contributed by atoms with Crippen LogP contribution >= 0.6 is 0 Å². The number of rotatable bonds is 15. The number of hydrogen-bond acceptors (Lipinski definition) is 2. The van der Waals surface area contributed by atoms with E-state index in [2.05, 4.69) is 23.5 Å². The minimum absolute atomic E-state index is 0.0754. The van der Waals surface area contributed by atoms with Crippen LogP contribution in [0.25, 0.3) is 0 Å². The van der Waals surface area contributed by atoms with Gasteiger partial charge in [0.1, 0.15) is 0 Å². The number of esters is 1. The van der Waals surface area contributed by atoms with Crippen molar-refractivity contribution in [2.75, 3.05) is 7.11 Å². The highest BCUT2D eigenvalue weighted by Crippen LogP contribution is 2.11. The molecule has 0 radical (unpaired) electrons. The molecule has 0 amide bonds. The van der Waals surface area contributed by atoms with Crippen LogP contribution in [0, 0.1) is 0 Å². The van der Waals surface area contributed by atoms with Crippen LogP contribution in [0.2, 0.25) is 0 Å². The summed E-state index contributed by atoms with van der Waals surface area (Å²) in [6.07, 6.45) is 22.0. The maximum Gasteiger partial charge on any atom is 0.305 e. The quantitative estimate of drug-likeness (QED) is 0.211. The van der Waals surface area contributed by atoms with E-state index in [0.717, 1.165) is 25.7 Å². The van der Waals surface area contributed by atoms with Gasteiger partial charge in [0, 0.05) is 6.42 Å². The molecule has 0 atom stereocenters. The minimum Gasteiger partial charge on any atom is -0.469 e. The van der Waals surface area contributed by atoms with Crippen molar-refractivity contribution in [1.29, 1.82) is 0 Å². The van der Waals surface area contributed by atoms with Gasteiger partial charge in [-0.2, -0.15) is 0 Å². The predicted molar refractivity (Wildman–Crippen MR) is 91.4 cm³/mol. The minimum atomic E-state index is -0.0754. The van der Waals surface area contributed by atoms with Crippen molar-refractivity contribution < 1.29 is 9.53 Å². The van der Waals surface area contributed by atoms with Crippen molar-refractivity contribution in [2.45, 2.75) is 83.5 Å². The van der Waals surface area contributed by atoms with E-state index >= 15 is 0 Å². The van der Waals surface area contributed by atoms with Gasteiger partial charge in [-0.05, 0) is 32.1 Å². The van der Waals surface area contributed by atoms with Crippen molar-refractivity contribution in [3.8, 4) is 0 Å². The number of unbranched alkanes of at least 4 members (excludes halogenated alkanes) is 10. The first-order valence-corrected chi connectivity index (χ1v) is 8.64. The lowest BCUT2D eigenvalue weighted by atomic mass is 10.1. The fourth-order valence-corrected chi connectivity index (χ4v) is 2.32. The lowest BCUT2D eigenvalue weighted by Gasteiger charge is -2.02. The Morgan fingerprint density at radius 2 is 1.33 bits per heavy atom. The zero-order chi connectivity index (χ0) is 15.6. The Bertz CT molecular complexity index is 269. The molecule has 0 rings (SSSR count). The molecule has 0 N–H and O–H groups in total. The highest BCUT2D eigenvalue weighted by atomic mass is 16.5. The monoisotopic (exact) mass is 294 g/mol. The zero-order valence-corrected chi connectivity index (χ0v) is 13.9. The Labute approximate surface area is 131 Å². The molecule has 0 aliphatic heterocycles. The molecule has 122 valence electrons. The summed E-state index contributed by atoms with van der Waals surface area (Å²) in [5, 5.41) is 0. The van der Waals surface area contributed by atoms with E-state index in [1.165, 1.54) is 58.5 Å². The molecule has 0 aliphatic rings. The Morgan fingerprint density at radius 3 is 1.90 bits per heavy atom. The normalized spacial score (nSPS) is 10.9. The smallest absolute Gasteiger partial charge is 0.305 e. The Hall–Kier alpha value is -1.05. The molecule has 0 aliphatic carbocycles. The summed E-state index contributed by atoms with van der Waals surface area (Å²) in [6, 6.07) is 0. The van der Waals surface area contributed by atoms with Crippen LogP contribution in [0.15, 0.2) is 24.8 Å². The third kappa shape index (κ3) is 16.9. The molecular formula is C19H34O2. The summed E-state index contributed by atoms with van der Waals surface area (Å²) >= 11 is 0. The molecule has 2 nitrogen and oxygen atoms in total. The molecular weight excluding hydrogens is 260 g/mol. The third-order valence-electron chi connectivity index (χ3n) is 3.68. The van der Waals surface area contributed by atoms with Gasteiger partial charge in [-0.15, -0.1) is 6.58 Å². The highest BCUT2D eigenvalue weighted by molar-refractivity contribution is 5.68. The van der Waals surface area contributed by atoms with Gasteiger partial charge < -0.3 is 4.74 Å². The average molecular weight is 294 g/mol. The summed E-state index contributed by atoms with van der Waals surface area (Å²) < 4.78 is 4.62. The number of allylic oxidation sites excluding steroid dienone is 3. The van der Waals surface area contributed by atoms with Crippen molar-refractivity contribution in [1.82, 2.24) is 0 Å². The van der Waals surface area contributed by atoms with Crippen LogP contribution in [-0.4, -0.2) is 13.1 Å². The fraction of sp³-hybridized carbons (Fsp3) is 0.737. The maximum absolute atomic E-state index is 10.9. The van der Waals surface area contributed by atoms with Gasteiger partial charge in [-0.1, -0.05) is 63.2 Å². The van der Waals surface area contributed by atoms with Gasteiger partial charge >= 0.3 is 5.97 Å². The molecule has 0 aromatic heterocycles. The van der Waals surface area contributed by atoms with Crippen molar-refractivity contribution in [3.05, 3.63) is 24.8 Å². The molecule has 0 heterocycles. The third-order valence-corrected chi connectivity index (χ3v) is 3.68. The molecule has 0 bridgehead atoms. The number of carbonyl (C=O) groups is 1. The lowest BCUT2D eigenvalue weighted by Crippen LogP contribution is -1.99. The van der Waals surface area contributed by atoms with Crippen molar-refractivity contribution in [3.63, 3.8) is 0 Å². The predicted octanol–water partition coefficient (Wildman–Crippen LogP) is 5.97. The molecule has 0 aromatic carbocycles. The molecule has 2 heteroatoms. The first-order valence-electron chi connectivity index (χ1n) is 8.64. The number of carbonyl (C=O) groups excluding carboxylic acids is 1. The second-order valence-corrected chi connectivity index (χ2v) is 5.63. The Balaban J connectivity index is 3.07. The molecule has 0 spiro atoms. The Morgan fingerprint density at radius 1 is 0.810 bits per heavy atom. The van der Waals surface area contributed by atoms with E-state index in [4.69, 9.17) is 0 Å². The number of ether oxygens (including phenoxy) is 1. The highest BCUT2D eigenvalue weighted by Gasteiger charge is 1.98. The first-order chi connectivity index (χ1) is 10.3. The topological polar surface area (TPSA) is 26.3 Å². The molecule has 0 aromatic rings. The van der Waals surface area contributed by atoms with Gasteiger partial charge in [0.15, 0.2) is 0 Å². The molecule has 0 unspecified atom stereocenters. The lowest BCUT2D eigenvalue weighted by molar-refractivity contribution is -0.140. The van der Waals surface area contributed by atoms with Crippen molar-refractivity contribution in [2.24, 2.45) is 0 Å². The molecule has 21 heavy (non-hydrogen) atoms. The number of hydrogen-bond donors (Lipinski definition) is 0. The van der Waals surface area contributed by atoms with Gasteiger partial charge in [-0.25, -0.2) is 0 Å². The van der Waals surface area contributed by atoms with Gasteiger partial charge in [0.25, 0.3) is 0 Å². The second kappa shape index (κ2) is 17.0. The van der Waals surface area contributed by atoms with E-state index in [-0.39, 0.29) is 5.97 Å². The average Bonchev–Trinajstić information content (AvgIpc) is 2.50. The molecule has 0 saturated heterocycles. The Kier molecular flexibility index (Phi) is 16.2. The van der Waals surface area contributed by atoms with Crippen LogP contribution in [0.3, 0.4) is 0 Å². The van der Waals surface area contributed by atoms with Gasteiger partial charge in [0.05, 0.1) is 7.11 Å². The van der Waals surface area contributed by atoms with E-state index in [1.807, 2.05) is 6.08 Å². The van der Waals surface area contributed by atoms with Crippen LogP contribution in [-0.2, 0) is 9.53 Å². The van der Waals surface area contributed by atoms with E-state index < -0.39 is 0 Å². The van der Waals surface area contributed by atoms with Crippen LogP contribution in [0.1, 0.15) is 83.5 Å². The van der Waals surface area contributed by atoms with E-state index in [1.54, 1.807) is 0 Å².